The van der Waals surface area contributed by atoms with Gasteiger partial charge in [-0.1, -0.05) is 62.0 Å². The number of ether oxygens (including phenoxy) is 6. The van der Waals surface area contributed by atoms with Crippen molar-refractivity contribution >= 4 is 44.9 Å². The minimum atomic E-state index is -1.97. The predicted octanol–water partition coefficient (Wildman–Crippen LogP) is 2.50. The van der Waals surface area contributed by atoms with Crippen molar-refractivity contribution < 1.29 is 42.2 Å². The van der Waals surface area contributed by atoms with Gasteiger partial charge in [0, 0.05) is 49.8 Å². The van der Waals surface area contributed by atoms with E-state index in [0.717, 1.165) is 51.4 Å². The Bertz CT molecular complexity index is 1120. The van der Waals surface area contributed by atoms with Gasteiger partial charge in [-0.05, 0) is 37.5 Å². The van der Waals surface area contributed by atoms with Crippen LogP contribution in [0.5, 0.6) is 0 Å². The zero-order valence-corrected chi connectivity index (χ0v) is 33.0. The molecule has 0 aromatic heterocycles. The van der Waals surface area contributed by atoms with Crippen molar-refractivity contribution in [1.29, 1.82) is 0 Å². The smallest absolute Gasteiger partial charge is 0.228 e. The molecule has 13 nitrogen and oxygen atoms in total. The normalized spacial score (nSPS) is 40.2. The third-order valence-electron chi connectivity index (χ3n) is 12.8. The summed E-state index contributed by atoms with van der Waals surface area (Å²) in [6.45, 7) is 6.81. The second-order valence-electron chi connectivity index (χ2n) is 15.6. The van der Waals surface area contributed by atoms with Gasteiger partial charge in [0.2, 0.25) is 10.2 Å². The van der Waals surface area contributed by atoms with E-state index in [1.807, 2.05) is 8.61 Å². The van der Waals surface area contributed by atoms with Crippen molar-refractivity contribution in [2.75, 3.05) is 105 Å². The summed E-state index contributed by atoms with van der Waals surface area (Å²) in [5, 5.41) is -0.107. The number of morpholine rings is 2. The van der Waals surface area contributed by atoms with E-state index < -0.39 is 34.7 Å². The van der Waals surface area contributed by atoms with Crippen LogP contribution in [0.15, 0.2) is 0 Å². The molecule has 16 heteroatoms. The van der Waals surface area contributed by atoms with Crippen LogP contribution in [0.1, 0.15) is 64.2 Å². The molecule has 2 aliphatic carbocycles. The first-order valence-electron chi connectivity index (χ1n) is 20.0. The summed E-state index contributed by atoms with van der Waals surface area (Å²) >= 11 is 0.913. The fraction of sp³-hybridized carbons (Fsp3) is 0.944. The van der Waals surface area contributed by atoms with E-state index in [4.69, 9.17) is 28.4 Å². The van der Waals surface area contributed by atoms with Crippen LogP contribution in [0.4, 0.5) is 0 Å². The summed E-state index contributed by atoms with van der Waals surface area (Å²) in [7, 11) is 0. The van der Waals surface area contributed by atoms with Gasteiger partial charge in [0.05, 0.1) is 66.1 Å². The lowest BCUT2D eigenvalue weighted by atomic mass is 9.86. The van der Waals surface area contributed by atoms with Crippen LogP contribution in [0.25, 0.3) is 0 Å². The lowest BCUT2D eigenvalue weighted by Crippen LogP contribution is -2.81. The second-order valence-corrected chi connectivity index (χ2v) is 19.3. The Morgan fingerprint density at radius 3 is 1.31 bits per heavy atom. The van der Waals surface area contributed by atoms with Gasteiger partial charge in [-0.2, -0.15) is 8.61 Å². The van der Waals surface area contributed by atoms with Crippen LogP contribution in [0, 0.1) is 11.8 Å². The molecule has 0 bridgehead atoms. The number of hydrogen-bond donors (Lipinski definition) is 0. The molecule has 52 heavy (non-hydrogen) atoms. The number of nitrogens with zero attached hydrogens (tertiary/aromatic N) is 4. The SMILES string of the molecule is O=C1SC(C2CCCCC2)CN(S(=O)N2CC(C3CCCCC3)SC(=O)C2(C2COCCO2)N2CCOCC2)C1(C1COCCO1)N1CCOCC1. The molecule has 6 aliphatic heterocycles. The van der Waals surface area contributed by atoms with Crippen molar-refractivity contribution in [3.8, 4) is 0 Å². The maximum absolute atomic E-state index is 16.4. The van der Waals surface area contributed by atoms with E-state index in [0.29, 0.717) is 104 Å². The van der Waals surface area contributed by atoms with Gasteiger partial charge >= 0.3 is 0 Å². The van der Waals surface area contributed by atoms with Crippen LogP contribution in [0.3, 0.4) is 0 Å². The van der Waals surface area contributed by atoms with Crippen molar-refractivity contribution in [1.82, 2.24) is 18.4 Å². The van der Waals surface area contributed by atoms with Gasteiger partial charge in [-0.15, -0.1) is 0 Å². The summed E-state index contributed by atoms with van der Waals surface area (Å²) in [6.07, 6.45) is 9.94. The highest BCUT2D eigenvalue weighted by molar-refractivity contribution is 8.15. The lowest BCUT2D eigenvalue weighted by molar-refractivity contribution is -0.202. The van der Waals surface area contributed by atoms with E-state index in [1.54, 1.807) is 0 Å². The van der Waals surface area contributed by atoms with Gasteiger partial charge in [0.15, 0.2) is 22.5 Å². The molecule has 8 aliphatic rings. The Morgan fingerprint density at radius 1 is 0.538 bits per heavy atom. The molecule has 2 saturated carbocycles. The Kier molecular flexibility index (Phi) is 13.0. The quantitative estimate of drug-likeness (QED) is 0.359. The first-order valence-corrected chi connectivity index (χ1v) is 22.8. The average molecular weight is 787 g/mol. The van der Waals surface area contributed by atoms with Crippen LogP contribution < -0.4 is 0 Å². The topological polar surface area (TPSA) is 120 Å². The first-order chi connectivity index (χ1) is 25.5. The molecule has 6 heterocycles. The first kappa shape index (κ1) is 38.7. The van der Waals surface area contributed by atoms with Gasteiger partial charge in [0.1, 0.15) is 12.2 Å². The number of carbonyl (C=O) groups excluding carboxylic acids is 2. The molecule has 8 fully saturated rings. The molecule has 8 rings (SSSR count). The highest BCUT2D eigenvalue weighted by Gasteiger charge is 2.67. The van der Waals surface area contributed by atoms with Gasteiger partial charge in [0.25, 0.3) is 0 Å². The summed E-state index contributed by atoms with van der Waals surface area (Å²) in [6, 6.07) is 0. The summed E-state index contributed by atoms with van der Waals surface area (Å²) in [5.41, 5.74) is -2.75. The molecule has 0 amide bonds. The molecule has 0 radical (unpaired) electrons. The number of thioether (sulfide) groups is 2. The molecule has 0 aromatic carbocycles. The number of carbonyl (C=O) groups is 2. The Hall–Kier alpha value is -0.210. The molecule has 0 spiro atoms. The number of hydrogen-bond acceptors (Lipinski definition) is 13. The zero-order valence-electron chi connectivity index (χ0n) is 30.5. The molecular weight excluding hydrogens is 729 g/mol. The van der Waals surface area contributed by atoms with Crippen molar-refractivity contribution in [2.24, 2.45) is 11.8 Å². The van der Waals surface area contributed by atoms with Gasteiger partial charge in [-0.3, -0.25) is 19.4 Å². The molecule has 6 unspecified atom stereocenters. The maximum Gasteiger partial charge on any atom is 0.228 e. The van der Waals surface area contributed by atoms with Crippen molar-refractivity contribution in [3.63, 3.8) is 0 Å². The molecule has 6 saturated heterocycles. The third-order valence-corrected chi connectivity index (χ3v) is 17.1. The fourth-order valence-corrected chi connectivity index (χ4v) is 15.4. The van der Waals surface area contributed by atoms with Crippen molar-refractivity contribution in [2.45, 2.75) is 98.2 Å². The third kappa shape index (κ3) is 7.26. The second kappa shape index (κ2) is 17.5. The Morgan fingerprint density at radius 2 is 0.942 bits per heavy atom. The van der Waals surface area contributed by atoms with E-state index >= 15 is 13.8 Å². The molecule has 294 valence electrons. The van der Waals surface area contributed by atoms with Crippen LogP contribution in [-0.4, -0.2) is 172 Å². The molecule has 0 aromatic rings. The van der Waals surface area contributed by atoms with Crippen LogP contribution >= 0.6 is 23.5 Å². The molecular formula is C36H58N4O9S3. The monoisotopic (exact) mass is 786 g/mol. The Balaban J connectivity index is 1.27. The van der Waals surface area contributed by atoms with Crippen molar-refractivity contribution in [3.05, 3.63) is 0 Å². The minimum absolute atomic E-state index is 0.0218. The zero-order chi connectivity index (χ0) is 35.5. The van der Waals surface area contributed by atoms with Crippen LogP contribution in [-0.2, 0) is 49.2 Å². The predicted molar refractivity (Wildman–Crippen MR) is 199 cm³/mol. The minimum Gasteiger partial charge on any atom is -0.379 e. The molecule has 0 N–H and O–H groups in total. The summed E-state index contributed by atoms with van der Waals surface area (Å²) in [5.74, 6) is 0.696. The van der Waals surface area contributed by atoms with Gasteiger partial charge in [-0.25, -0.2) is 4.21 Å². The van der Waals surface area contributed by atoms with Gasteiger partial charge < -0.3 is 28.4 Å². The summed E-state index contributed by atoms with van der Waals surface area (Å²) in [4.78, 5) is 35.0. The van der Waals surface area contributed by atoms with E-state index in [2.05, 4.69) is 9.80 Å². The fourth-order valence-electron chi connectivity index (χ4n) is 10.1. The highest BCUT2D eigenvalue weighted by Crippen LogP contribution is 2.50. The summed E-state index contributed by atoms with van der Waals surface area (Å²) < 4.78 is 57.3. The molecule has 6 atom stereocenters. The average Bonchev–Trinajstić information content (AvgIpc) is 3.22. The van der Waals surface area contributed by atoms with Crippen LogP contribution in [0.2, 0.25) is 0 Å². The van der Waals surface area contributed by atoms with E-state index in [-0.39, 0.29) is 33.9 Å². The standard InChI is InChI=1S/C36H58N4O9S3/c41-33-35(31-25-46-19-21-48-31,37-11-15-44-16-12-37)39(23-29(50-33)27-7-3-1-4-8-27)52(43)40-24-30(28-9-5-2-6-10-28)51-34(42)36(40,32-26-47-20-22-49-32)38-13-17-45-18-14-38/h27-32H,1-26H2. The Labute approximate surface area is 319 Å². The number of rotatable bonds is 8. The highest BCUT2D eigenvalue weighted by atomic mass is 32.2. The van der Waals surface area contributed by atoms with E-state index in [9.17, 15) is 0 Å². The maximum atomic E-state index is 16.4. The lowest BCUT2D eigenvalue weighted by Gasteiger charge is -2.61. The largest absolute Gasteiger partial charge is 0.379 e. The van der Waals surface area contributed by atoms with E-state index in [1.165, 1.54) is 36.4 Å².